The first kappa shape index (κ1) is 15.3. The molecule has 2 heterocycles. The van der Waals surface area contributed by atoms with E-state index in [0.717, 1.165) is 11.3 Å². The van der Waals surface area contributed by atoms with Gasteiger partial charge in [0.25, 0.3) is 0 Å². The number of anilines is 1. The first-order chi connectivity index (χ1) is 10.3. The van der Waals surface area contributed by atoms with Crippen LogP contribution in [0.5, 0.6) is 0 Å². The zero-order valence-corrected chi connectivity index (χ0v) is 12.7. The molecule has 0 radical (unpaired) electrons. The molecule has 0 aliphatic rings. The van der Waals surface area contributed by atoms with Crippen LogP contribution in [-0.2, 0) is 4.74 Å². The fraction of sp³-hybridized carbons (Fsp3) is 0.333. The summed E-state index contributed by atoms with van der Waals surface area (Å²) >= 11 is 1.63. The van der Waals surface area contributed by atoms with Gasteiger partial charge in [-0.3, -0.25) is 0 Å². The Bertz CT molecular complexity index is 611. The molecule has 0 fully saturated rings. The number of nitriles is 1. The monoisotopic (exact) mass is 303 g/mol. The SMILES string of the molecule is CCOCCCNc1oc(/C=C/c2cccs2)nc1C#N. The zero-order chi connectivity index (χ0) is 14.9. The highest BCUT2D eigenvalue weighted by molar-refractivity contribution is 7.10. The normalized spacial score (nSPS) is 10.9. The minimum Gasteiger partial charge on any atom is -0.420 e. The van der Waals surface area contributed by atoms with Gasteiger partial charge in [-0.05, 0) is 30.9 Å². The summed E-state index contributed by atoms with van der Waals surface area (Å²) in [6.45, 7) is 4.04. The summed E-state index contributed by atoms with van der Waals surface area (Å²) < 4.78 is 10.8. The van der Waals surface area contributed by atoms with E-state index in [2.05, 4.69) is 10.3 Å². The van der Waals surface area contributed by atoms with Crippen molar-refractivity contribution in [2.24, 2.45) is 0 Å². The Labute approximate surface area is 127 Å². The van der Waals surface area contributed by atoms with Gasteiger partial charge in [-0.1, -0.05) is 6.07 Å². The van der Waals surface area contributed by atoms with Gasteiger partial charge in [0.2, 0.25) is 17.5 Å². The predicted octanol–water partition coefficient (Wildman–Crippen LogP) is 3.62. The molecule has 0 aliphatic carbocycles. The maximum Gasteiger partial charge on any atom is 0.232 e. The number of nitrogens with one attached hydrogen (secondary N) is 1. The number of oxazole rings is 1. The summed E-state index contributed by atoms with van der Waals surface area (Å²) in [6, 6.07) is 6.01. The molecule has 0 bridgehead atoms. The molecular weight excluding hydrogens is 286 g/mol. The molecule has 6 heteroatoms. The minimum absolute atomic E-state index is 0.275. The zero-order valence-electron chi connectivity index (χ0n) is 11.8. The first-order valence-corrected chi connectivity index (χ1v) is 7.65. The van der Waals surface area contributed by atoms with Crippen LogP contribution in [0.4, 0.5) is 5.88 Å². The molecule has 2 rings (SSSR count). The predicted molar refractivity (Wildman–Crippen MR) is 84.1 cm³/mol. The van der Waals surface area contributed by atoms with Gasteiger partial charge in [-0.25, -0.2) is 0 Å². The summed E-state index contributed by atoms with van der Waals surface area (Å²) in [5, 5.41) is 14.1. The average Bonchev–Trinajstić information content (AvgIpc) is 3.14. The minimum atomic E-state index is 0.275. The van der Waals surface area contributed by atoms with Gasteiger partial charge in [-0.2, -0.15) is 10.2 Å². The largest absolute Gasteiger partial charge is 0.420 e. The highest BCUT2D eigenvalue weighted by atomic mass is 32.1. The number of nitrogens with zero attached hydrogens (tertiary/aromatic N) is 2. The van der Waals surface area contributed by atoms with Crippen LogP contribution in [0.25, 0.3) is 12.2 Å². The van der Waals surface area contributed by atoms with Crippen LogP contribution in [0, 0.1) is 11.3 Å². The van der Waals surface area contributed by atoms with E-state index in [-0.39, 0.29) is 5.69 Å². The van der Waals surface area contributed by atoms with Crippen molar-refractivity contribution >= 4 is 29.4 Å². The van der Waals surface area contributed by atoms with E-state index in [1.807, 2.05) is 36.6 Å². The van der Waals surface area contributed by atoms with Crippen LogP contribution in [0.3, 0.4) is 0 Å². The maximum absolute atomic E-state index is 9.07. The fourth-order valence-corrected chi connectivity index (χ4v) is 2.28. The molecule has 2 aromatic heterocycles. The molecule has 0 saturated carbocycles. The van der Waals surface area contributed by atoms with Crippen molar-refractivity contribution in [3.05, 3.63) is 34.0 Å². The van der Waals surface area contributed by atoms with E-state index in [4.69, 9.17) is 14.4 Å². The Hall–Kier alpha value is -2.10. The Morgan fingerprint density at radius 1 is 1.52 bits per heavy atom. The number of hydrogen-bond acceptors (Lipinski definition) is 6. The maximum atomic E-state index is 9.07. The summed E-state index contributed by atoms with van der Waals surface area (Å²) in [7, 11) is 0. The van der Waals surface area contributed by atoms with Crippen molar-refractivity contribution < 1.29 is 9.15 Å². The van der Waals surface area contributed by atoms with Crippen LogP contribution in [0.1, 0.15) is 29.8 Å². The second-order valence-electron chi connectivity index (χ2n) is 4.17. The van der Waals surface area contributed by atoms with Gasteiger partial charge in [-0.15, -0.1) is 11.3 Å². The molecule has 0 atom stereocenters. The smallest absolute Gasteiger partial charge is 0.232 e. The Balaban J connectivity index is 1.94. The highest BCUT2D eigenvalue weighted by Gasteiger charge is 2.10. The van der Waals surface area contributed by atoms with Gasteiger partial charge in [0.05, 0.1) is 0 Å². The Morgan fingerprint density at radius 3 is 3.14 bits per heavy atom. The third kappa shape index (κ3) is 4.74. The number of aromatic nitrogens is 1. The van der Waals surface area contributed by atoms with Crippen molar-refractivity contribution in [3.63, 3.8) is 0 Å². The lowest BCUT2D eigenvalue weighted by Gasteiger charge is -2.02. The van der Waals surface area contributed by atoms with Crippen LogP contribution in [-0.4, -0.2) is 24.7 Å². The second kappa shape index (κ2) is 8.25. The third-order valence-electron chi connectivity index (χ3n) is 2.64. The lowest BCUT2D eigenvalue weighted by molar-refractivity contribution is 0.147. The molecule has 0 aliphatic heterocycles. The summed E-state index contributed by atoms with van der Waals surface area (Å²) in [5.74, 6) is 0.840. The number of hydrogen-bond donors (Lipinski definition) is 1. The Kier molecular flexibility index (Phi) is 6.00. The molecular formula is C15H17N3O2S. The second-order valence-corrected chi connectivity index (χ2v) is 5.15. The van der Waals surface area contributed by atoms with Crippen molar-refractivity contribution in [1.29, 1.82) is 5.26 Å². The summed E-state index contributed by atoms with van der Waals surface area (Å²) in [6.07, 6.45) is 4.52. The van der Waals surface area contributed by atoms with Crippen LogP contribution in [0.15, 0.2) is 21.9 Å². The van der Waals surface area contributed by atoms with Gasteiger partial charge in [0.15, 0.2) is 0 Å². The van der Waals surface area contributed by atoms with E-state index >= 15 is 0 Å². The molecule has 1 N–H and O–H groups in total. The molecule has 2 aromatic rings. The van der Waals surface area contributed by atoms with E-state index in [1.165, 1.54) is 0 Å². The van der Waals surface area contributed by atoms with Crippen molar-refractivity contribution in [2.45, 2.75) is 13.3 Å². The van der Waals surface area contributed by atoms with Gasteiger partial charge in [0.1, 0.15) is 6.07 Å². The third-order valence-corrected chi connectivity index (χ3v) is 3.48. The molecule has 21 heavy (non-hydrogen) atoms. The number of thiophene rings is 1. The molecule has 0 saturated heterocycles. The highest BCUT2D eigenvalue weighted by Crippen LogP contribution is 2.19. The van der Waals surface area contributed by atoms with Crippen LogP contribution < -0.4 is 5.32 Å². The number of ether oxygens (including phenoxy) is 1. The average molecular weight is 303 g/mol. The molecule has 110 valence electrons. The molecule has 0 aromatic carbocycles. The quantitative estimate of drug-likeness (QED) is 0.754. The van der Waals surface area contributed by atoms with Crippen molar-refractivity contribution in [2.75, 3.05) is 25.1 Å². The molecule has 0 spiro atoms. The van der Waals surface area contributed by atoms with E-state index in [1.54, 1.807) is 17.4 Å². The van der Waals surface area contributed by atoms with Crippen LogP contribution >= 0.6 is 11.3 Å². The Morgan fingerprint density at radius 2 is 2.43 bits per heavy atom. The lowest BCUT2D eigenvalue weighted by atomic mass is 10.4. The van der Waals surface area contributed by atoms with Crippen molar-refractivity contribution in [3.8, 4) is 6.07 Å². The van der Waals surface area contributed by atoms with Crippen molar-refractivity contribution in [1.82, 2.24) is 4.98 Å². The van der Waals surface area contributed by atoms with E-state index in [0.29, 0.717) is 31.5 Å². The molecule has 5 nitrogen and oxygen atoms in total. The number of rotatable bonds is 8. The topological polar surface area (TPSA) is 71.1 Å². The van der Waals surface area contributed by atoms with Gasteiger partial charge >= 0.3 is 0 Å². The van der Waals surface area contributed by atoms with Gasteiger partial charge < -0.3 is 14.5 Å². The fourth-order valence-electron chi connectivity index (χ4n) is 1.66. The van der Waals surface area contributed by atoms with E-state index in [9.17, 15) is 0 Å². The van der Waals surface area contributed by atoms with Gasteiger partial charge in [0, 0.05) is 30.7 Å². The first-order valence-electron chi connectivity index (χ1n) is 6.77. The standard InChI is InChI=1S/C15H17N3O2S/c1-2-19-9-4-8-17-15-13(11-16)18-14(20-15)7-6-12-5-3-10-21-12/h3,5-7,10,17H,2,4,8-9H2,1H3/b7-6+. The lowest BCUT2D eigenvalue weighted by Crippen LogP contribution is -2.05. The van der Waals surface area contributed by atoms with Crippen LogP contribution in [0.2, 0.25) is 0 Å². The summed E-state index contributed by atoms with van der Waals surface area (Å²) in [4.78, 5) is 5.25. The van der Waals surface area contributed by atoms with E-state index < -0.39 is 0 Å². The summed E-state index contributed by atoms with van der Waals surface area (Å²) in [5.41, 5.74) is 0.275. The molecule has 0 unspecified atom stereocenters. The molecule has 0 amide bonds.